The molecule has 3 N–H and O–H groups in total. The zero-order valence-electron chi connectivity index (χ0n) is 15.9. The van der Waals surface area contributed by atoms with Crippen LogP contribution in [-0.2, 0) is 16.4 Å². The monoisotopic (exact) mass is 444 g/mol. The molecule has 2 atom stereocenters. The minimum Gasteiger partial charge on any atom is -0.390 e. The van der Waals surface area contributed by atoms with Crippen LogP contribution in [-0.4, -0.2) is 43.1 Å². The number of nitrogens with two attached hydrogens (primary N) is 1. The maximum Gasteiger partial charge on any atom is 0.243 e. The van der Waals surface area contributed by atoms with Crippen molar-refractivity contribution < 1.29 is 13.5 Å². The third-order valence-electron chi connectivity index (χ3n) is 4.30. The highest BCUT2D eigenvalue weighted by Crippen LogP contribution is 2.27. The molecular weight excluding hydrogens is 419 g/mol. The first kappa shape index (κ1) is 23.1. The highest BCUT2D eigenvalue weighted by Gasteiger charge is 2.29. The van der Waals surface area contributed by atoms with Gasteiger partial charge < -0.3 is 10.8 Å². The Morgan fingerprint density at radius 3 is 2.25 bits per heavy atom. The van der Waals surface area contributed by atoms with E-state index in [9.17, 15) is 13.5 Å². The molecule has 28 heavy (non-hydrogen) atoms. The van der Waals surface area contributed by atoms with E-state index >= 15 is 0 Å². The van der Waals surface area contributed by atoms with Crippen LogP contribution in [0.5, 0.6) is 0 Å². The van der Waals surface area contributed by atoms with E-state index in [2.05, 4.69) is 0 Å². The average Bonchev–Trinajstić information content (AvgIpc) is 2.63. The molecule has 0 aliphatic heterocycles. The summed E-state index contributed by atoms with van der Waals surface area (Å²) in [5.41, 5.74) is 7.13. The predicted molar refractivity (Wildman–Crippen MR) is 114 cm³/mol. The Hall–Kier alpha value is -1.15. The standard InChI is InChI=1S/C20H26Cl2N2O3S/c1-14(2)12-24(28(26,27)16-8-9-17(21)18(22)11-16)13-20(25)19(23)10-15-6-4-3-5-7-15/h3-9,11,14,19-20,25H,10,12-13,23H2,1-2H3/t19-,20-/m0/s1. The molecule has 8 heteroatoms. The average molecular weight is 445 g/mol. The largest absolute Gasteiger partial charge is 0.390 e. The molecule has 0 unspecified atom stereocenters. The van der Waals surface area contributed by atoms with Gasteiger partial charge in [0.1, 0.15) is 0 Å². The Kier molecular flexibility index (Phi) is 8.30. The minimum atomic E-state index is -3.86. The lowest BCUT2D eigenvalue weighted by Crippen LogP contribution is -2.47. The van der Waals surface area contributed by atoms with E-state index in [0.29, 0.717) is 6.42 Å². The van der Waals surface area contributed by atoms with Gasteiger partial charge in [-0.2, -0.15) is 4.31 Å². The van der Waals surface area contributed by atoms with Gasteiger partial charge in [0.05, 0.1) is 21.0 Å². The molecule has 0 spiro atoms. The molecule has 154 valence electrons. The second kappa shape index (κ2) is 10.1. The number of benzene rings is 2. The fraction of sp³-hybridized carbons (Fsp3) is 0.400. The Morgan fingerprint density at radius 1 is 1.04 bits per heavy atom. The Balaban J connectivity index is 2.21. The summed E-state index contributed by atoms with van der Waals surface area (Å²) in [5.74, 6) is 0.0649. The molecule has 0 aliphatic rings. The van der Waals surface area contributed by atoms with Crippen molar-refractivity contribution in [1.29, 1.82) is 0 Å². The minimum absolute atomic E-state index is 0.0337. The van der Waals surface area contributed by atoms with Crippen molar-refractivity contribution >= 4 is 33.2 Å². The summed E-state index contributed by atoms with van der Waals surface area (Å²) in [5, 5.41) is 11.0. The predicted octanol–water partition coefficient (Wildman–Crippen LogP) is 3.57. The van der Waals surface area contributed by atoms with Crippen molar-refractivity contribution in [2.45, 2.75) is 37.3 Å². The molecule has 0 amide bonds. The SMILES string of the molecule is CC(C)CN(C[C@H](O)[C@@H](N)Cc1ccccc1)S(=O)(=O)c1ccc(Cl)c(Cl)c1. The molecule has 2 aromatic rings. The summed E-state index contributed by atoms with van der Waals surface area (Å²) < 4.78 is 27.5. The topological polar surface area (TPSA) is 83.6 Å². The number of hydrogen-bond acceptors (Lipinski definition) is 4. The normalized spacial score (nSPS) is 14.4. The van der Waals surface area contributed by atoms with Crippen LogP contribution in [0, 0.1) is 5.92 Å². The van der Waals surface area contributed by atoms with Gasteiger partial charge in [-0.05, 0) is 36.1 Å². The van der Waals surface area contributed by atoms with Gasteiger partial charge in [-0.15, -0.1) is 0 Å². The van der Waals surface area contributed by atoms with Gasteiger partial charge in [0, 0.05) is 19.1 Å². The highest BCUT2D eigenvalue weighted by molar-refractivity contribution is 7.89. The van der Waals surface area contributed by atoms with E-state index in [0.717, 1.165) is 5.56 Å². The first-order chi connectivity index (χ1) is 13.1. The summed E-state index contributed by atoms with van der Waals surface area (Å²) in [6.07, 6.45) is -0.568. The Morgan fingerprint density at radius 2 is 1.68 bits per heavy atom. The molecule has 0 aromatic heterocycles. The summed E-state index contributed by atoms with van der Waals surface area (Å²) in [6.45, 7) is 3.97. The molecule has 0 saturated heterocycles. The van der Waals surface area contributed by atoms with Crippen molar-refractivity contribution in [3.63, 3.8) is 0 Å². The lowest BCUT2D eigenvalue weighted by atomic mass is 10.0. The van der Waals surface area contributed by atoms with Gasteiger partial charge in [0.2, 0.25) is 10.0 Å². The molecule has 5 nitrogen and oxygen atoms in total. The third kappa shape index (κ3) is 6.17. The van der Waals surface area contributed by atoms with Crippen LogP contribution in [0.4, 0.5) is 0 Å². The molecule has 2 rings (SSSR count). The van der Waals surface area contributed by atoms with Crippen molar-refractivity contribution in [3.05, 3.63) is 64.1 Å². The molecule has 0 heterocycles. The number of hydrogen-bond donors (Lipinski definition) is 2. The van der Waals surface area contributed by atoms with Crippen LogP contribution in [0.3, 0.4) is 0 Å². The van der Waals surface area contributed by atoms with Gasteiger partial charge in [0.15, 0.2) is 0 Å². The smallest absolute Gasteiger partial charge is 0.243 e. The number of rotatable bonds is 9. The molecule has 2 aromatic carbocycles. The van der Waals surface area contributed by atoms with E-state index in [1.165, 1.54) is 22.5 Å². The summed E-state index contributed by atoms with van der Waals surface area (Å²) in [6, 6.07) is 13.1. The molecule has 0 radical (unpaired) electrons. The number of sulfonamides is 1. The number of nitrogens with zero attached hydrogens (tertiary/aromatic N) is 1. The maximum absolute atomic E-state index is 13.1. The Bertz CT molecular complexity index is 876. The third-order valence-corrected chi connectivity index (χ3v) is 6.86. The van der Waals surface area contributed by atoms with Gasteiger partial charge >= 0.3 is 0 Å². The van der Waals surface area contributed by atoms with Crippen molar-refractivity contribution in [2.24, 2.45) is 11.7 Å². The van der Waals surface area contributed by atoms with E-state index in [1.807, 2.05) is 44.2 Å². The van der Waals surface area contributed by atoms with Gasteiger partial charge in [-0.1, -0.05) is 67.4 Å². The van der Waals surface area contributed by atoms with Crippen LogP contribution >= 0.6 is 23.2 Å². The zero-order valence-corrected chi connectivity index (χ0v) is 18.3. The lowest BCUT2D eigenvalue weighted by molar-refractivity contribution is 0.116. The Labute approximate surface area is 177 Å². The first-order valence-electron chi connectivity index (χ1n) is 9.04. The molecule has 0 saturated carbocycles. The molecule has 0 aliphatic carbocycles. The lowest BCUT2D eigenvalue weighted by Gasteiger charge is -2.28. The zero-order chi connectivity index (χ0) is 20.9. The van der Waals surface area contributed by atoms with Crippen LogP contribution in [0.1, 0.15) is 19.4 Å². The molecular formula is C20H26Cl2N2O3S. The molecule has 0 fully saturated rings. The second-order valence-electron chi connectivity index (χ2n) is 7.21. The quantitative estimate of drug-likeness (QED) is 0.618. The fourth-order valence-corrected chi connectivity index (χ4v) is 4.84. The fourth-order valence-electron chi connectivity index (χ4n) is 2.83. The van der Waals surface area contributed by atoms with Crippen LogP contribution in [0.15, 0.2) is 53.4 Å². The summed E-state index contributed by atoms with van der Waals surface area (Å²) in [7, 11) is -3.86. The molecule has 0 bridgehead atoms. The van der Waals surface area contributed by atoms with E-state index in [-0.39, 0.29) is 33.9 Å². The van der Waals surface area contributed by atoms with Gasteiger partial charge in [0.25, 0.3) is 0 Å². The van der Waals surface area contributed by atoms with E-state index in [1.54, 1.807) is 0 Å². The number of aliphatic hydroxyl groups is 1. The maximum atomic E-state index is 13.1. The first-order valence-corrected chi connectivity index (χ1v) is 11.2. The van der Waals surface area contributed by atoms with Crippen LogP contribution in [0.25, 0.3) is 0 Å². The second-order valence-corrected chi connectivity index (χ2v) is 9.97. The van der Waals surface area contributed by atoms with Crippen LogP contribution < -0.4 is 5.73 Å². The van der Waals surface area contributed by atoms with Crippen LogP contribution in [0.2, 0.25) is 10.0 Å². The van der Waals surface area contributed by atoms with E-state index < -0.39 is 22.2 Å². The van der Waals surface area contributed by atoms with Crippen molar-refractivity contribution in [1.82, 2.24) is 4.31 Å². The summed E-state index contributed by atoms with van der Waals surface area (Å²) >= 11 is 11.9. The summed E-state index contributed by atoms with van der Waals surface area (Å²) in [4.78, 5) is 0.0337. The number of aliphatic hydroxyl groups excluding tert-OH is 1. The van der Waals surface area contributed by atoms with Gasteiger partial charge in [-0.3, -0.25) is 0 Å². The van der Waals surface area contributed by atoms with E-state index in [4.69, 9.17) is 28.9 Å². The van der Waals surface area contributed by atoms with Crippen molar-refractivity contribution in [2.75, 3.05) is 13.1 Å². The highest BCUT2D eigenvalue weighted by atomic mass is 35.5. The number of halogens is 2. The van der Waals surface area contributed by atoms with Gasteiger partial charge in [-0.25, -0.2) is 8.42 Å². The van der Waals surface area contributed by atoms with Crippen molar-refractivity contribution in [3.8, 4) is 0 Å².